The number of sulfonamides is 2. The molecule has 154 valence electrons. The van der Waals surface area contributed by atoms with Gasteiger partial charge in [-0.2, -0.15) is 0 Å². The lowest BCUT2D eigenvalue weighted by Crippen LogP contribution is -2.31. The molecule has 4 rings (SSSR count). The monoisotopic (exact) mass is 434 g/mol. The van der Waals surface area contributed by atoms with Gasteiger partial charge in [0.1, 0.15) is 0 Å². The molecular weight excluding hydrogens is 412 g/mol. The Morgan fingerprint density at radius 2 is 1.76 bits per heavy atom. The van der Waals surface area contributed by atoms with Gasteiger partial charge >= 0.3 is 0 Å². The number of anilines is 1. The minimum atomic E-state index is -3.80. The minimum Gasteiger partial charge on any atom is -0.273 e. The highest BCUT2D eigenvalue weighted by Crippen LogP contribution is 2.32. The maximum Gasteiger partial charge on any atom is 0.244 e. The standard InChI is InChI=1S/C20H22N2O5S2/c1-14-13-28(24,25)22(20(14)23)16-9-11-17(12-10-16)29(26,27)21-19-8-4-6-15-5-2-3-7-18(15)19/h2-3,5,7,9-12,14,19,21H,4,6,8,13H2,1H3. The first-order valence-corrected chi connectivity index (χ1v) is 12.6. The largest absolute Gasteiger partial charge is 0.273 e. The molecule has 1 saturated heterocycles. The molecule has 2 unspecified atom stereocenters. The van der Waals surface area contributed by atoms with E-state index in [9.17, 15) is 21.6 Å². The first kappa shape index (κ1) is 20.1. The van der Waals surface area contributed by atoms with E-state index in [0.717, 1.165) is 28.3 Å². The molecule has 0 aromatic heterocycles. The zero-order valence-corrected chi connectivity index (χ0v) is 17.5. The predicted octanol–water partition coefficient (Wildman–Crippen LogP) is 2.36. The molecule has 2 aromatic rings. The number of fused-ring (bicyclic) bond motifs is 1. The summed E-state index contributed by atoms with van der Waals surface area (Å²) in [5.41, 5.74) is 2.29. The Morgan fingerprint density at radius 1 is 1.07 bits per heavy atom. The van der Waals surface area contributed by atoms with E-state index < -0.39 is 31.9 Å². The summed E-state index contributed by atoms with van der Waals surface area (Å²) in [4.78, 5) is 12.2. The number of hydrogen-bond donors (Lipinski definition) is 1. The maximum absolute atomic E-state index is 12.9. The molecular formula is C20H22N2O5S2. The van der Waals surface area contributed by atoms with Crippen molar-refractivity contribution >= 4 is 31.6 Å². The third kappa shape index (κ3) is 3.70. The SMILES string of the molecule is CC1CS(=O)(=O)N(c2ccc(S(=O)(=O)NC3CCCc4ccccc43)cc2)C1=O. The highest BCUT2D eigenvalue weighted by Gasteiger charge is 2.42. The molecule has 2 aromatic carbocycles. The zero-order chi connectivity index (χ0) is 20.8. The number of carbonyl (C=O) groups excluding carboxylic acids is 1. The third-order valence-corrected chi connectivity index (χ3v) is 8.76. The topological polar surface area (TPSA) is 101 Å². The van der Waals surface area contributed by atoms with Crippen LogP contribution in [0.2, 0.25) is 0 Å². The molecule has 0 radical (unpaired) electrons. The Hall–Kier alpha value is -2.23. The van der Waals surface area contributed by atoms with Gasteiger partial charge in [-0.25, -0.2) is 25.9 Å². The van der Waals surface area contributed by atoms with Crippen LogP contribution in [0.4, 0.5) is 5.69 Å². The Bertz CT molecular complexity index is 1160. The molecule has 1 N–H and O–H groups in total. The van der Waals surface area contributed by atoms with Gasteiger partial charge in [-0.3, -0.25) is 4.79 Å². The molecule has 0 spiro atoms. The molecule has 0 saturated carbocycles. The molecule has 1 aliphatic heterocycles. The molecule has 1 heterocycles. The van der Waals surface area contributed by atoms with Gasteiger partial charge in [0.25, 0.3) is 0 Å². The van der Waals surface area contributed by atoms with E-state index >= 15 is 0 Å². The molecule has 29 heavy (non-hydrogen) atoms. The van der Waals surface area contributed by atoms with E-state index in [4.69, 9.17) is 0 Å². The van der Waals surface area contributed by atoms with Crippen LogP contribution in [0.3, 0.4) is 0 Å². The second-order valence-corrected chi connectivity index (χ2v) is 11.1. The van der Waals surface area contributed by atoms with Crippen molar-refractivity contribution in [1.29, 1.82) is 0 Å². The molecule has 1 aliphatic carbocycles. The first-order valence-electron chi connectivity index (χ1n) is 9.46. The highest BCUT2D eigenvalue weighted by atomic mass is 32.2. The van der Waals surface area contributed by atoms with Gasteiger partial charge in [0.15, 0.2) is 0 Å². The van der Waals surface area contributed by atoms with Crippen LogP contribution in [0.25, 0.3) is 0 Å². The summed E-state index contributed by atoms with van der Waals surface area (Å²) < 4.78 is 53.7. The van der Waals surface area contributed by atoms with Crippen molar-refractivity contribution in [1.82, 2.24) is 4.72 Å². The lowest BCUT2D eigenvalue weighted by molar-refractivity contribution is -0.119. The summed E-state index contributed by atoms with van der Waals surface area (Å²) in [7, 11) is -7.52. The highest BCUT2D eigenvalue weighted by molar-refractivity contribution is 7.94. The summed E-state index contributed by atoms with van der Waals surface area (Å²) in [6.45, 7) is 1.56. The smallest absolute Gasteiger partial charge is 0.244 e. The van der Waals surface area contributed by atoms with Gasteiger partial charge in [0, 0.05) is 6.04 Å². The number of hydrogen-bond acceptors (Lipinski definition) is 5. The Balaban J connectivity index is 1.59. The first-order chi connectivity index (χ1) is 13.7. The van der Waals surface area contributed by atoms with Crippen LogP contribution >= 0.6 is 0 Å². The fraction of sp³-hybridized carbons (Fsp3) is 0.350. The van der Waals surface area contributed by atoms with Crippen molar-refractivity contribution in [3.63, 3.8) is 0 Å². The van der Waals surface area contributed by atoms with E-state index in [1.807, 2.05) is 24.3 Å². The Kier molecular flexibility index (Phi) is 5.00. The second kappa shape index (κ2) is 7.23. The lowest BCUT2D eigenvalue weighted by Gasteiger charge is -2.26. The van der Waals surface area contributed by atoms with Crippen molar-refractivity contribution in [2.45, 2.75) is 37.1 Å². The lowest BCUT2D eigenvalue weighted by atomic mass is 9.88. The van der Waals surface area contributed by atoms with Gasteiger partial charge in [-0.05, 0) is 54.7 Å². The fourth-order valence-corrected chi connectivity index (χ4v) is 7.05. The summed E-state index contributed by atoms with van der Waals surface area (Å²) in [5.74, 6) is -1.36. The van der Waals surface area contributed by atoms with Crippen LogP contribution < -0.4 is 9.03 Å². The van der Waals surface area contributed by atoms with Crippen molar-refractivity contribution in [2.24, 2.45) is 5.92 Å². The van der Waals surface area contributed by atoms with Gasteiger partial charge in [0.2, 0.25) is 26.0 Å². The fourth-order valence-electron chi connectivity index (χ4n) is 3.98. The molecule has 1 fully saturated rings. The van der Waals surface area contributed by atoms with E-state index in [1.54, 1.807) is 6.92 Å². The van der Waals surface area contributed by atoms with Crippen LogP contribution in [0.1, 0.15) is 36.9 Å². The number of amides is 1. The van der Waals surface area contributed by atoms with Crippen LogP contribution in [-0.4, -0.2) is 28.5 Å². The van der Waals surface area contributed by atoms with Crippen LogP contribution in [-0.2, 0) is 31.3 Å². The molecule has 9 heteroatoms. The van der Waals surface area contributed by atoms with Gasteiger partial charge in [-0.1, -0.05) is 31.2 Å². The maximum atomic E-state index is 12.9. The number of nitrogens with zero attached hydrogens (tertiary/aromatic N) is 1. The number of rotatable bonds is 4. The predicted molar refractivity (Wildman–Crippen MR) is 109 cm³/mol. The van der Waals surface area contributed by atoms with E-state index in [1.165, 1.54) is 24.3 Å². The van der Waals surface area contributed by atoms with E-state index in [2.05, 4.69) is 4.72 Å². The number of benzene rings is 2. The van der Waals surface area contributed by atoms with E-state index in [-0.39, 0.29) is 22.4 Å². The van der Waals surface area contributed by atoms with Crippen molar-refractivity contribution < 1.29 is 21.6 Å². The van der Waals surface area contributed by atoms with Gasteiger partial charge in [-0.15, -0.1) is 0 Å². The number of nitrogens with one attached hydrogen (secondary N) is 1. The van der Waals surface area contributed by atoms with Crippen LogP contribution in [0, 0.1) is 5.92 Å². The van der Waals surface area contributed by atoms with Gasteiger partial charge < -0.3 is 0 Å². The molecule has 2 aliphatic rings. The average Bonchev–Trinajstić information content (AvgIpc) is 2.89. The number of aryl methyl sites for hydroxylation is 1. The van der Waals surface area contributed by atoms with Crippen molar-refractivity contribution in [2.75, 3.05) is 10.1 Å². The summed E-state index contributed by atoms with van der Waals surface area (Å²) in [6.07, 6.45) is 2.54. The molecule has 1 amide bonds. The van der Waals surface area contributed by atoms with Crippen molar-refractivity contribution in [3.05, 3.63) is 59.7 Å². The number of carbonyl (C=O) groups is 1. The summed E-state index contributed by atoms with van der Waals surface area (Å²) in [6, 6.07) is 12.9. The molecule has 0 bridgehead atoms. The van der Waals surface area contributed by atoms with Gasteiger partial charge in [0.05, 0.1) is 22.3 Å². The van der Waals surface area contributed by atoms with Crippen LogP contribution in [0.5, 0.6) is 0 Å². The normalized spacial score (nSPS) is 23.8. The Labute approximate surface area is 170 Å². The summed E-state index contributed by atoms with van der Waals surface area (Å²) in [5, 5.41) is 0. The van der Waals surface area contributed by atoms with Crippen LogP contribution in [0.15, 0.2) is 53.4 Å². The van der Waals surface area contributed by atoms with E-state index in [0.29, 0.717) is 6.42 Å². The zero-order valence-electron chi connectivity index (χ0n) is 15.9. The average molecular weight is 435 g/mol. The second-order valence-electron chi connectivity index (χ2n) is 7.54. The summed E-state index contributed by atoms with van der Waals surface area (Å²) >= 11 is 0. The Morgan fingerprint density at radius 3 is 2.41 bits per heavy atom. The molecule has 7 nitrogen and oxygen atoms in total. The quantitative estimate of drug-likeness (QED) is 0.796. The molecule has 2 atom stereocenters. The van der Waals surface area contributed by atoms with Crippen molar-refractivity contribution in [3.8, 4) is 0 Å². The third-order valence-electron chi connectivity index (χ3n) is 5.41. The minimum absolute atomic E-state index is 0.0291.